The van der Waals surface area contributed by atoms with E-state index in [4.69, 9.17) is 5.73 Å². The highest BCUT2D eigenvalue weighted by molar-refractivity contribution is 5.01. The lowest BCUT2D eigenvalue weighted by Gasteiger charge is -2.35. The Labute approximate surface area is 97.4 Å². The van der Waals surface area contributed by atoms with E-state index >= 15 is 0 Å². The molecule has 0 aromatic carbocycles. The number of nitrogens with zero attached hydrogens (tertiary/aromatic N) is 3. The van der Waals surface area contributed by atoms with Gasteiger partial charge in [-0.15, -0.1) is 0 Å². The van der Waals surface area contributed by atoms with Crippen LogP contribution in [-0.2, 0) is 6.54 Å². The van der Waals surface area contributed by atoms with Crippen LogP contribution in [0.2, 0.25) is 0 Å². The molecule has 1 aromatic rings. The van der Waals surface area contributed by atoms with Crippen molar-refractivity contribution < 1.29 is 0 Å². The molecule has 0 atom stereocenters. The fourth-order valence-electron chi connectivity index (χ4n) is 2.48. The van der Waals surface area contributed by atoms with Crippen molar-refractivity contribution >= 4 is 0 Å². The van der Waals surface area contributed by atoms with E-state index in [0.29, 0.717) is 18.6 Å². The van der Waals surface area contributed by atoms with E-state index in [-0.39, 0.29) is 0 Å². The molecule has 90 valence electrons. The maximum atomic E-state index is 5.71. The molecular weight excluding hydrogens is 200 g/mol. The molecule has 1 aromatic heterocycles. The fraction of sp³-hybridized carbons (Fsp3) is 0.750. The zero-order chi connectivity index (χ0) is 11.5. The van der Waals surface area contributed by atoms with Crippen LogP contribution in [-0.4, -0.2) is 33.8 Å². The Morgan fingerprint density at radius 3 is 2.69 bits per heavy atom. The van der Waals surface area contributed by atoms with Crippen molar-refractivity contribution in [2.24, 2.45) is 5.73 Å². The van der Waals surface area contributed by atoms with E-state index in [9.17, 15) is 0 Å². The SMILES string of the molecule is CC(C)N1CCC(n2nccc2CN)CC1. The molecule has 16 heavy (non-hydrogen) atoms. The minimum atomic E-state index is 0.545. The zero-order valence-electron chi connectivity index (χ0n) is 10.3. The van der Waals surface area contributed by atoms with Crippen LogP contribution in [0.15, 0.2) is 12.3 Å². The molecule has 0 spiro atoms. The molecule has 0 saturated carbocycles. The minimum absolute atomic E-state index is 0.545. The second-order valence-electron chi connectivity index (χ2n) is 4.83. The molecule has 1 fully saturated rings. The van der Waals surface area contributed by atoms with Gasteiger partial charge in [-0.25, -0.2) is 0 Å². The van der Waals surface area contributed by atoms with Crippen molar-refractivity contribution in [2.75, 3.05) is 13.1 Å². The second kappa shape index (κ2) is 4.97. The van der Waals surface area contributed by atoms with Crippen LogP contribution in [0.5, 0.6) is 0 Å². The summed E-state index contributed by atoms with van der Waals surface area (Å²) in [5.74, 6) is 0. The van der Waals surface area contributed by atoms with Crippen LogP contribution >= 0.6 is 0 Å². The summed E-state index contributed by atoms with van der Waals surface area (Å²) in [7, 11) is 0. The molecular formula is C12H22N4. The Kier molecular flexibility index (Phi) is 3.61. The minimum Gasteiger partial charge on any atom is -0.325 e. The molecule has 0 bridgehead atoms. The van der Waals surface area contributed by atoms with E-state index in [1.54, 1.807) is 0 Å². The first-order valence-corrected chi connectivity index (χ1v) is 6.19. The normalized spacial score (nSPS) is 19.5. The van der Waals surface area contributed by atoms with Crippen molar-refractivity contribution in [1.82, 2.24) is 14.7 Å². The Morgan fingerprint density at radius 1 is 1.44 bits per heavy atom. The van der Waals surface area contributed by atoms with Gasteiger partial charge in [0.15, 0.2) is 0 Å². The number of hydrogen-bond donors (Lipinski definition) is 1. The van der Waals surface area contributed by atoms with E-state index in [2.05, 4.69) is 28.5 Å². The maximum absolute atomic E-state index is 5.71. The van der Waals surface area contributed by atoms with Gasteiger partial charge in [0.2, 0.25) is 0 Å². The first kappa shape index (κ1) is 11.6. The van der Waals surface area contributed by atoms with Crippen LogP contribution in [0.3, 0.4) is 0 Å². The summed E-state index contributed by atoms with van der Waals surface area (Å²) in [6.07, 6.45) is 4.23. The summed E-state index contributed by atoms with van der Waals surface area (Å²) in [4.78, 5) is 2.53. The first-order valence-electron chi connectivity index (χ1n) is 6.19. The van der Waals surface area contributed by atoms with Crippen LogP contribution < -0.4 is 5.73 Å². The maximum Gasteiger partial charge on any atom is 0.0547 e. The van der Waals surface area contributed by atoms with Crippen LogP contribution in [0, 0.1) is 0 Å². The predicted molar refractivity (Wildman–Crippen MR) is 65.1 cm³/mol. The van der Waals surface area contributed by atoms with Crippen molar-refractivity contribution in [1.29, 1.82) is 0 Å². The third kappa shape index (κ3) is 2.28. The number of hydrogen-bond acceptors (Lipinski definition) is 3. The van der Waals surface area contributed by atoms with E-state index in [1.807, 2.05) is 12.3 Å². The van der Waals surface area contributed by atoms with Gasteiger partial charge in [-0.05, 0) is 32.8 Å². The smallest absolute Gasteiger partial charge is 0.0547 e. The topological polar surface area (TPSA) is 47.1 Å². The van der Waals surface area contributed by atoms with Crippen molar-refractivity contribution in [3.05, 3.63) is 18.0 Å². The molecule has 1 aliphatic heterocycles. The summed E-state index contributed by atoms with van der Waals surface area (Å²) in [5.41, 5.74) is 6.86. The van der Waals surface area contributed by atoms with Gasteiger partial charge in [-0.2, -0.15) is 5.10 Å². The fourth-order valence-corrected chi connectivity index (χ4v) is 2.48. The molecule has 1 aliphatic rings. The summed E-state index contributed by atoms with van der Waals surface area (Å²) in [5, 5.41) is 4.40. The molecule has 0 unspecified atom stereocenters. The molecule has 4 nitrogen and oxygen atoms in total. The molecule has 2 N–H and O–H groups in total. The number of likely N-dealkylation sites (tertiary alicyclic amines) is 1. The summed E-state index contributed by atoms with van der Waals surface area (Å²) in [6.45, 7) is 7.46. The van der Waals surface area contributed by atoms with Crippen LogP contribution in [0.1, 0.15) is 38.4 Å². The Hall–Kier alpha value is -0.870. The van der Waals surface area contributed by atoms with Crippen molar-refractivity contribution in [3.8, 4) is 0 Å². The predicted octanol–water partition coefficient (Wildman–Crippen LogP) is 1.39. The van der Waals surface area contributed by atoms with Gasteiger partial charge in [0.05, 0.1) is 11.7 Å². The Morgan fingerprint density at radius 2 is 2.12 bits per heavy atom. The number of aromatic nitrogens is 2. The van der Waals surface area contributed by atoms with E-state index in [0.717, 1.165) is 5.69 Å². The van der Waals surface area contributed by atoms with Gasteiger partial charge in [-0.3, -0.25) is 4.68 Å². The van der Waals surface area contributed by atoms with E-state index in [1.165, 1.54) is 25.9 Å². The van der Waals surface area contributed by atoms with Crippen LogP contribution in [0.4, 0.5) is 0 Å². The summed E-state index contributed by atoms with van der Waals surface area (Å²) >= 11 is 0. The van der Waals surface area contributed by atoms with Crippen molar-refractivity contribution in [2.45, 2.75) is 45.3 Å². The highest BCUT2D eigenvalue weighted by Crippen LogP contribution is 2.24. The van der Waals surface area contributed by atoms with Gasteiger partial charge in [0.1, 0.15) is 0 Å². The molecule has 2 rings (SSSR count). The second-order valence-corrected chi connectivity index (χ2v) is 4.83. The lowest BCUT2D eigenvalue weighted by molar-refractivity contribution is 0.146. The van der Waals surface area contributed by atoms with Gasteiger partial charge >= 0.3 is 0 Å². The monoisotopic (exact) mass is 222 g/mol. The van der Waals surface area contributed by atoms with Gasteiger partial charge in [-0.1, -0.05) is 0 Å². The lowest BCUT2D eigenvalue weighted by atomic mass is 10.0. The van der Waals surface area contributed by atoms with Gasteiger partial charge in [0, 0.05) is 31.9 Å². The third-order valence-corrected chi connectivity index (χ3v) is 3.54. The first-order chi connectivity index (χ1) is 7.72. The number of nitrogens with two attached hydrogens (primary N) is 1. The molecule has 2 heterocycles. The molecule has 1 saturated heterocycles. The molecule has 0 radical (unpaired) electrons. The highest BCUT2D eigenvalue weighted by atomic mass is 15.3. The third-order valence-electron chi connectivity index (χ3n) is 3.54. The van der Waals surface area contributed by atoms with Gasteiger partial charge in [0.25, 0.3) is 0 Å². The quantitative estimate of drug-likeness (QED) is 0.840. The van der Waals surface area contributed by atoms with Crippen molar-refractivity contribution in [3.63, 3.8) is 0 Å². The zero-order valence-corrected chi connectivity index (χ0v) is 10.3. The standard InChI is InChI=1S/C12H22N4/c1-10(2)15-7-4-11(5-8-15)16-12(9-13)3-6-14-16/h3,6,10-11H,4-5,7-9,13H2,1-2H3. The van der Waals surface area contributed by atoms with E-state index < -0.39 is 0 Å². The molecule has 4 heteroatoms. The Balaban J connectivity index is 1.99. The number of piperidine rings is 1. The number of rotatable bonds is 3. The lowest BCUT2D eigenvalue weighted by Crippen LogP contribution is -2.39. The largest absolute Gasteiger partial charge is 0.325 e. The average Bonchev–Trinajstić information content (AvgIpc) is 2.77. The summed E-state index contributed by atoms with van der Waals surface area (Å²) < 4.78 is 2.12. The molecule has 0 amide bonds. The Bertz CT molecular complexity index is 324. The van der Waals surface area contributed by atoms with Crippen LogP contribution in [0.25, 0.3) is 0 Å². The average molecular weight is 222 g/mol. The molecule has 0 aliphatic carbocycles. The highest BCUT2D eigenvalue weighted by Gasteiger charge is 2.23. The van der Waals surface area contributed by atoms with Gasteiger partial charge < -0.3 is 10.6 Å². The summed E-state index contributed by atoms with van der Waals surface area (Å²) in [6, 6.07) is 3.23.